The molecule has 1 N–H and O–H groups in total. The molecule has 138 valence electrons. The van der Waals surface area contributed by atoms with Crippen molar-refractivity contribution >= 4 is 23.4 Å². The van der Waals surface area contributed by atoms with Crippen LogP contribution in [0, 0.1) is 0 Å². The molecule has 0 atom stereocenters. The van der Waals surface area contributed by atoms with Gasteiger partial charge in [0.2, 0.25) is 11.8 Å². The van der Waals surface area contributed by atoms with Crippen LogP contribution in [0.15, 0.2) is 88.8 Å². The lowest BCUT2D eigenvalue weighted by Crippen LogP contribution is -2.14. The van der Waals surface area contributed by atoms with Crippen LogP contribution in [-0.2, 0) is 4.79 Å². The van der Waals surface area contributed by atoms with E-state index in [1.54, 1.807) is 18.5 Å². The Bertz CT molecular complexity index is 1070. The van der Waals surface area contributed by atoms with Gasteiger partial charge in [-0.1, -0.05) is 60.3 Å². The van der Waals surface area contributed by atoms with Gasteiger partial charge in [-0.05, 0) is 23.8 Å². The number of anilines is 1. The van der Waals surface area contributed by atoms with Gasteiger partial charge >= 0.3 is 0 Å². The number of para-hydroxylation sites is 1. The van der Waals surface area contributed by atoms with E-state index < -0.39 is 0 Å². The van der Waals surface area contributed by atoms with Crippen molar-refractivity contribution in [2.45, 2.75) is 5.22 Å². The lowest BCUT2D eigenvalue weighted by Gasteiger charge is -2.10. The third-order valence-electron chi connectivity index (χ3n) is 3.93. The first-order valence-electron chi connectivity index (χ1n) is 8.60. The van der Waals surface area contributed by atoms with Crippen LogP contribution in [0.4, 0.5) is 5.69 Å². The summed E-state index contributed by atoms with van der Waals surface area (Å²) in [4.78, 5) is 16.4. The van der Waals surface area contributed by atoms with E-state index in [4.69, 9.17) is 4.42 Å². The minimum atomic E-state index is -0.144. The quantitative estimate of drug-likeness (QED) is 0.489. The molecule has 0 saturated heterocycles. The number of hydrogen-bond acceptors (Lipinski definition) is 6. The molecule has 0 unspecified atom stereocenters. The van der Waals surface area contributed by atoms with E-state index in [0.29, 0.717) is 11.1 Å². The lowest BCUT2D eigenvalue weighted by atomic mass is 10.0. The number of pyridine rings is 1. The van der Waals surface area contributed by atoms with Gasteiger partial charge in [-0.15, -0.1) is 10.2 Å². The van der Waals surface area contributed by atoms with E-state index in [2.05, 4.69) is 20.5 Å². The second-order valence-electron chi connectivity index (χ2n) is 5.86. The second-order valence-corrected chi connectivity index (χ2v) is 6.79. The number of hydrogen-bond donors (Lipinski definition) is 1. The van der Waals surface area contributed by atoms with E-state index >= 15 is 0 Å². The first-order valence-corrected chi connectivity index (χ1v) is 9.59. The molecule has 28 heavy (non-hydrogen) atoms. The van der Waals surface area contributed by atoms with Gasteiger partial charge < -0.3 is 9.73 Å². The Labute approximate surface area is 166 Å². The molecule has 1 amide bonds. The zero-order valence-electron chi connectivity index (χ0n) is 14.8. The summed E-state index contributed by atoms with van der Waals surface area (Å²) in [7, 11) is 0. The fourth-order valence-corrected chi connectivity index (χ4v) is 3.21. The SMILES string of the molecule is O=C(CSc1nnc(-c2cccnc2)o1)Nc1ccccc1-c1ccccc1. The highest BCUT2D eigenvalue weighted by molar-refractivity contribution is 7.99. The monoisotopic (exact) mass is 388 g/mol. The molecule has 0 aliphatic rings. The lowest BCUT2D eigenvalue weighted by molar-refractivity contribution is -0.113. The van der Waals surface area contributed by atoms with Crippen molar-refractivity contribution in [1.29, 1.82) is 0 Å². The minimum absolute atomic E-state index is 0.144. The second kappa shape index (κ2) is 8.49. The van der Waals surface area contributed by atoms with Gasteiger partial charge in [0.25, 0.3) is 5.22 Å². The molecule has 0 saturated carbocycles. The van der Waals surface area contributed by atoms with Crippen LogP contribution in [0.2, 0.25) is 0 Å². The van der Waals surface area contributed by atoms with Crippen LogP contribution in [0.5, 0.6) is 0 Å². The van der Waals surface area contributed by atoms with Crippen LogP contribution < -0.4 is 5.32 Å². The van der Waals surface area contributed by atoms with Gasteiger partial charge in [-0.3, -0.25) is 9.78 Å². The number of carbonyl (C=O) groups is 1. The fraction of sp³-hybridized carbons (Fsp3) is 0.0476. The zero-order valence-corrected chi connectivity index (χ0v) is 15.6. The maximum absolute atomic E-state index is 12.4. The van der Waals surface area contributed by atoms with Crippen molar-refractivity contribution < 1.29 is 9.21 Å². The van der Waals surface area contributed by atoms with Gasteiger partial charge in [0.15, 0.2) is 0 Å². The molecule has 7 heteroatoms. The molecule has 2 heterocycles. The number of rotatable bonds is 6. The Morgan fingerprint density at radius 3 is 2.54 bits per heavy atom. The molecule has 0 aliphatic heterocycles. The van der Waals surface area contributed by atoms with Crippen molar-refractivity contribution in [3.05, 3.63) is 79.1 Å². The summed E-state index contributed by atoms with van der Waals surface area (Å²) in [6, 6.07) is 21.3. The molecule has 4 rings (SSSR count). The Morgan fingerprint density at radius 2 is 1.71 bits per heavy atom. The van der Waals surface area contributed by atoms with Crippen molar-refractivity contribution in [3.63, 3.8) is 0 Å². The van der Waals surface area contributed by atoms with E-state index in [-0.39, 0.29) is 11.7 Å². The summed E-state index contributed by atoms with van der Waals surface area (Å²) in [6.07, 6.45) is 3.32. The first kappa shape index (κ1) is 17.9. The average molecular weight is 388 g/mol. The standard InChI is InChI=1S/C21H16N4O2S/c26-19(14-28-21-25-24-20(27-21)16-9-6-12-22-13-16)23-18-11-5-4-10-17(18)15-7-2-1-3-8-15/h1-13H,14H2,(H,23,26). The first-order chi connectivity index (χ1) is 13.8. The van der Waals surface area contributed by atoms with Gasteiger partial charge in [0.1, 0.15) is 0 Å². The average Bonchev–Trinajstić information content (AvgIpc) is 3.23. The van der Waals surface area contributed by atoms with E-state index in [0.717, 1.165) is 22.4 Å². The number of nitrogens with zero attached hydrogens (tertiary/aromatic N) is 3. The predicted octanol–water partition coefficient (Wildman–Crippen LogP) is 4.53. The number of thioether (sulfide) groups is 1. The number of aromatic nitrogens is 3. The number of nitrogens with one attached hydrogen (secondary N) is 1. The molecular weight excluding hydrogens is 372 g/mol. The molecule has 0 bridgehead atoms. The molecule has 0 spiro atoms. The molecule has 0 fully saturated rings. The summed E-state index contributed by atoms with van der Waals surface area (Å²) >= 11 is 1.19. The molecule has 4 aromatic rings. The predicted molar refractivity (Wildman–Crippen MR) is 109 cm³/mol. The van der Waals surface area contributed by atoms with Crippen LogP contribution >= 0.6 is 11.8 Å². The topological polar surface area (TPSA) is 80.9 Å². The van der Waals surface area contributed by atoms with Crippen molar-refractivity contribution in [1.82, 2.24) is 15.2 Å². The summed E-state index contributed by atoms with van der Waals surface area (Å²) in [6.45, 7) is 0. The molecule has 6 nitrogen and oxygen atoms in total. The fourth-order valence-electron chi connectivity index (χ4n) is 2.65. The van der Waals surface area contributed by atoms with Crippen LogP contribution in [0.25, 0.3) is 22.6 Å². The van der Waals surface area contributed by atoms with Gasteiger partial charge in [-0.2, -0.15) is 0 Å². The molecule has 2 aromatic carbocycles. The van der Waals surface area contributed by atoms with Crippen molar-refractivity contribution in [2.24, 2.45) is 0 Å². The normalized spacial score (nSPS) is 10.6. The van der Waals surface area contributed by atoms with Gasteiger partial charge in [0, 0.05) is 23.6 Å². The maximum Gasteiger partial charge on any atom is 0.277 e. The number of benzene rings is 2. The molecule has 2 aromatic heterocycles. The number of carbonyl (C=O) groups excluding carboxylic acids is 1. The van der Waals surface area contributed by atoms with Gasteiger partial charge in [0.05, 0.1) is 11.3 Å². The highest BCUT2D eigenvalue weighted by Gasteiger charge is 2.13. The Balaban J connectivity index is 1.40. The highest BCUT2D eigenvalue weighted by Crippen LogP contribution is 2.28. The molecule has 0 radical (unpaired) electrons. The van der Waals surface area contributed by atoms with Crippen molar-refractivity contribution in [3.8, 4) is 22.6 Å². The van der Waals surface area contributed by atoms with Crippen LogP contribution in [0.1, 0.15) is 0 Å². The van der Waals surface area contributed by atoms with Gasteiger partial charge in [-0.25, -0.2) is 0 Å². The molecule has 0 aliphatic carbocycles. The minimum Gasteiger partial charge on any atom is -0.411 e. The Hall–Kier alpha value is -3.45. The third kappa shape index (κ3) is 4.27. The molecular formula is C21H16N4O2S. The van der Waals surface area contributed by atoms with Crippen LogP contribution in [0.3, 0.4) is 0 Å². The third-order valence-corrected chi connectivity index (χ3v) is 4.75. The van der Waals surface area contributed by atoms with E-state index in [9.17, 15) is 4.79 Å². The maximum atomic E-state index is 12.4. The smallest absolute Gasteiger partial charge is 0.277 e. The van der Waals surface area contributed by atoms with Crippen LogP contribution in [-0.4, -0.2) is 26.8 Å². The Kier molecular flexibility index (Phi) is 5.44. The van der Waals surface area contributed by atoms with Crippen molar-refractivity contribution in [2.75, 3.05) is 11.1 Å². The summed E-state index contributed by atoms with van der Waals surface area (Å²) in [5.41, 5.74) is 3.52. The van der Waals surface area contributed by atoms with E-state index in [1.165, 1.54) is 11.8 Å². The highest BCUT2D eigenvalue weighted by atomic mass is 32.2. The zero-order chi connectivity index (χ0) is 19.2. The Morgan fingerprint density at radius 1 is 0.929 bits per heavy atom. The summed E-state index contributed by atoms with van der Waals surface area (Å²) in [5, 5.41) is 11.3. The summed E-state index contributed by atoms with van der Waals surface area (Å²) in [5.74, 6) is 0.401. The number of amides is 1. The summed E-state index contributed by atoms with van der Waals surface area (Å²) < 4.78 is 5.58. The van der Waals surface area contributed by atoms with E-state index in [1.807, 2.05) is 60.7 Å². The largest absolute Gasteiger partial charge is 0.411 e.